The van der Waals surface area contributed by atoms with Crippen molar-refractivity contribution in [3.63, 3.8) is 0 Å². The Morgan fingerprint density at radius 2 is 1.85 bits per heavy atom. The Balaban J connectivity index is 1.78. The molecule has 2 N–H and O–H groups in total. The molecule has 140 valence electrons. The van der Waals surface area contributed by atoms with Gasteiger partial charge in [0.25, 0.3) is 20.3 Å². The van der Waals surface area contributed by atoms with Crippen LogP contribution >= 0.6 is 34.5 Å². The molecule has 1 heterocycles. The molecule has 0 radical (unpaired) electrons. The van der Waals surface area contributed by atoms with Crippen molar-refractivity contribution in [2.75, 3.05) is 10.0 Å². The van der Waals surface area contributed by atoms with Gasteiger partial charge >= 0.3 is 0 Å². The van der Waals surface area contributed by atoms with Gasteiger partial charge in [0, 0.05) is 5.02 Å². The lowest BCUT2D eigenvalue weighted by atomic mass is 10.2. The number of amides is 1. The zero-order valence-electron chi connectivity index (χ0n) is 13.7. The van der Waals surface area contributed by atoms with Crippen LogP contribution in [0.15, 0.2) is 46.8 Å². The molecule has 1 aromatic heterocycles. The number of halogens is 2. The summed E-state index contributed by atoms with van der Waals surface area (Å²) >= 11 is 12.5. The van der Waals surface area contributed by atoms with Gasteiger partial charge in [0.1, 0.15) is 0 Å². The Bertz CT molecular complexity index is 1120. The molecular formula is C16H12Cl2N4O3S2. The van der Waals surface area contributed by atoms with Gasteiger partial charge in [-0.25, -0.2) is 0 Å². The van der Waals surface area contributed by atoms with Crippen LogP contribution in [0.4, 0.5) is 10.8 Å². The first-order valence-corrected chi connectivity index (χ1v) is 10.5. The minimum atomic E-state index is -3.93. The molecule has 3 rings (SSSR count). The Labute approximate surface area is 169 Å². The number of hydrogen-bond donors (Lipinski definition) is 2. The van der Waals surface area contributed by atoms with E-state index in [-0.39, 0.29) is 20.1 Å². The van der Waals surface area contributed by atoms with Crippen molar-refractivity contribution in [3.8, 4) is 0 Å². The number of hydrogen-bond acceptors (Lipinski definition) is 6. The van der Waals surface area contributed by atoms with Crippen LogP contribution in [-0.4, -0.2) is 24.5 Å². The average Bonchev–Trinajstić information content (AvgIpc) is 3.06. The Morgan fingerprint density at radius 1 is 1.11 bits per heavy atom. The molecule has 0 aliphatic carbocycles. The molecule has 0 bridgehead atoms. The van der Waals surface area contributed by atoms with Crippen LogP contribution in [0.1, 0.15) is 15.9 Å². The van der Waals surface area contributed by atoms with Crippen LogP contribution in [0.5, 0.6) is 0 Å². The quantitative estimate of drug-likeness (QED) is 0.576. The highest BCUT2D eigenvalue weighted by Crippen LogP contribution is 2.26. The third-order valence-electron chi connectivity index (χ3n) is 3.42. The zero-order valence-corrected chi connectivity index (χ0v) is 16.9. The van der Waals surface area contributed by atoms with E-state index >= 15 is 0 Å². The van der Waals surface area contributed by atoms with Crippen molar-refractivity contribution in [3.05, 3.63) is 63.6 Å². The average molecular weight is 443 g/mol. The summed E-state index contributed by atoms with van der Waals surface area (Å²) in [7, 11) is -3.93. The molecule has 0 saturated heterocycles. The molecule has 2 aromatic carbocycles. The minimum absolute atomic E-state index is 0.0242. The Kier molecular flexibility index (Phi) is 5.66. The van der Waals surface area contributed by atoms with Crippen LogP contribution in [0.3, 0.4) is 0 Å². The van der Waals surface area contributed by atoms with E-state index < -0.39 is 15.9 Å². The summed E-state index contributed by atoms with van der Waals surface area (Å²) in [5.41, 5.74) is 1.38. The van der Waals surface area contributed by atoms with E-state index in [1.807, 2.05) is 0 Å². The largest absolute Gasteiger partial charge is 0.296 e. The molecule has 1 amide bonds. The summed E-state index contributed by atoms with van der Waals surface area (Å²) in [4.78, 5) is 12.3. The number of nitrogens with zero attached hydrogens (tertiary/aromatic N) is 2. The normalized spacial score (nSPS) is 11.2. The van der Waals surface area contributed by atoms with E-state index in [1.165, 1.54) is 18.2 Å². The molecular weight excluding hydrogens is 431 g/mol. The van der Waals surface area contributed by atoms with E-state index in [0.717, 1.165) is 16.9 Å². The highest BCUT2D eigenvalue weighted by atomic mass is 35.5. The van der Waals surface area contributed by atoms with Crippen molar-refractivity contribution in [1.82, 2.24) is 10.2 Å². The summed E-state index contributed by atoms with van der Waals surface area (Å²) in [5, 5.41) is 10.4. The highest BCUT2D eigenvalue weighted by molar-refractivity contribution is 7.94. The first-order chi connectivity index (χ1) is 12.8. The van der Waals surface area contributed by atoms with Gasteiger partial charge in [0.2, 0.25) is 5.13 Å². The van der Waals surface area contributed by atoms with Crippen molar-refractivity contribution in [2.24, 2.45) is 0 Å². The first-order valence-electron chi connectivity index (χ1n) is 7.44. The molecule has 27 heavy (non-hydrogen) atoms. The standard InChI is InChI=1S/C16H12Cl2N4O3S2/c1-9-4-2-3-5-13(9)22-27(24,25)16-21-20-15(26-16)19-14(23)11-7-6-10(17)8-12(11)18/h2-8,22H,1H3,(H,19,20,23). The van der Waals surface area contributed by atoms with Crippen molar-refractivity contribution in [2.45, 2.75) is 11.3 Å². The lowest BCUT2D eigenvalue weighted by Crippen LogP contribution is -2.13. The van der Waals surface area contributed by atoms with Gasteiger partial charge in [-0.1, -0.05) is 52.7 Å². The number of anilines is 2. The molecule has 0 aliphatic rings. The Morgan fingerprint density at radius 3 is 2.56 bits per heavy atom. The summed E-state index contributed by atoms with van der Waals surface area (Å²) < 4.78 is 27.1. The van der Waals surface area contributed by atoms with Crippen LogP contribution in [-0.2, 0) is 10.0 Å². The topological polar surface area (TPSA) is 101 Å². The number of aryl methyl sites for hydroxylation is 1. The van der Waals surface area contributed by atoms with Crippen LogP contribution in [0, 0.1) is 6.92 Å². The van der Waals surface area contributed by atoms with Crippen LogP contribution < -0.4 is 10.0 Å². The maximum atomic E-state index is 12.5. The highest BCUT2D eigenvalue weighted by Gasteiger charge is 2.22. The number of nitrogens with one attached hydrogen (secondary N) is 2. The van der Waals surface area contributed by atoms with Crippen LogP contribution in [0.25, 0.3) is 0 Å². The number of para-hydroxylation sites is 1. The molecule has 11 heteroatoms. The molecule has 0 fully saturated rings. The van der Waals surface area contributed by atoms with E-state index in [9.17, 15) is 13.2 Å². The zero-order chi connectivity index (χ0) is 19.6. The smallest absolute Gasteiger partial charge is 0.291 e. The molecule has 0 spiro atoms. The molecule has 0 saturated carbocycles. The second-order valence-electron chi connectivity index (χ2n) is 5.37. The molecule has 0 unspecified atom stereocenters. The van der Waals surface area contributed by atoms with Gasteiger partial charge in [0.05, 0.1) is 16.3 Å². The Hall–Kier alpha value is -2.20. The second-order valence-corrected chi connectivity index (χ2v) is 9.05. The fourth-order valence-electron chi connectivity index (χ4n) is 2.08. The second kappa shape index (κ2) is 7.81. The SMILES string of the molecule is Cc1ccccc1NS(=O)(=O)c1nnc(NC(=O)c2ccc(Cl)cc2Cl)s1. The van der Waals surface area contributed by atoms with Crippen molar-refractivity contribution in [1.29, 1.82) is 0 Å². The molecule has 0 atom stereocenters. The van der Waals surface area contributed by atoms with Gasteiger partial charge in [0.15, 0.2) is 0 Å². The van der Waals surface area contributed by atoms with Gasteiger partial charge < -0.3 is 0 Å². The van der Waals surface area contributed by atoms with Crippen LogP contribution in [0.2, 0.25) is 10.0 Å². The van der Waals surface area contributed by atoms with E-state index in [1.54, 1.807) is 31.2 Å². The summed E-state index contributed by atoms with van der Waals surface area (Å²) in [6.45, 7) is 1.78. The monoisotopic (exact) mass is 442 g/mol. The van der Waals surface area contributed by atoms with E-state index in [4.69, 9.17) is 23.2 Å². The fraction of sp³-hybridized carbons (Fsp3) is 0.0625. The first kappa shape index (κ1) is 19.6. The number of sulfonamides is 1. The number of carbonyl (C=O) groups is 1. The maximum absolute atomic E-state index is 12.5. The summed E-state index contributed by atoms with van der Waals surface area (Å²) in [6, 6.07) is 11.3. The predicted octanol–water partition coefficient (Wildman–Crippen LogP) is 4.21. The van der Waals surface area contributed by atoms with Gasteiger partial charge in [-0.2, -0.15) is 8.42 Å². The van der Waals surface area contributed by atoms with E-state index in [0.29, 0.717) is 10.7 Å². The van der Waals surface area contributed by atoms with Crippen molar-refractivity contribution < 1.29 is 13.2 Å². The van der Waals surface area contributed by atoms with Gasteiger partial charge in [-0.3, -0.25) is 14.8 Å². The number of aromatic nitrogens is 2. The minimum Gasteiger partial charge on any atom is -0.296 e. The van der Waals surface area contributed by atoms with Gasteiger partial charge in [-0.05, 0) is 36.8 Å². The summed E-state index contributed by atoms with van der Waals surface area (Å²) in [5.74, 6) is -0.552. The molecule has 0 aliphatic heterocycles. The lowest BCUT2D eigenvalue weighted by Gasteiger charge is -2.07. The predicted molar refractivity (Wildman–Crippen MR) is 106 cm³/mol. The third-order valence-corrected chi connectivity index (χ3v) is 6.54. The van der Waals surface area contributed by atoms with E-state index in [2.05, 4.69) is 20.2 Å². The third kappa shape index (κ3) is 4.56. The summed E-state index contributed by atoms with van der Waals surface area (Å²) in [6.07, 6.45) is 0. The number of carbonyl (C=O) groups excluding carboxylic acids is 1. The van der Waals surface area contributed by atoms with Crippen molar-refractivity contribution >= 4 is 61.3 Å². The maximum Gasteiger partial charge on any atom is 0.291 e. The lowest BCUT2D eigenvalue weighted by molar-refractivity contribution is 0.102. The number of benzene rings is 2. The number of rotatable bonds is 5. The van der Waals surface area contributed by atoms with Gasteiger partial charge in [-0.15, -0.1) is 10.2 Å². The molecule has 3 aromatic rings. The molecule has 7 nitrogen and oxygen atoms in total. The fourth-order valence-corrected chi connectivity index (χ4v) is 4.60.